The fourth-order valence-electron chi connectivity index (χ4n) is 2.16. The zero-order valence-electron chi connectivity index (χ0n) is 12.6. The number of amides is 1. The number of hydrogen-bond donors (Lipinski definition) is 1. The van der Waals surface area contributed by atoms with Gasteiger partial charge in [-0.25, -0.2) is 0 Å². The van der Waals surface area contributed by atoms with Crippen molar-refractivity contribution in [1.29, 1.82) is 0 Å². The summed E-state index contributed by atoms with van der Waals surface area (Å²) in [7, 11) is 0. The third-order valence-corrected chi connectivity index (χ3v) is 5.19. The molecule has 5 nitrogen and oxygen atoms in total. The van der Waals surface area contributed by atoms with E-state index in [4.69, 9.17) is 23.2 Å². The third-order valence-electron chi connectivity index (χ3n) is 3.49. The van der Waals surface area contributed by atoms with Gasteiger partial charge in [0.15, 0.2) is 11.0 Å². The number of carbonyl (C=O) groups excluding carboxylic acids is 1. The van der Waals surface area contributed by atoms with E-state index >= 15 is 0 Å². The molecule has 0 aliphatic heterocycles. The van der Waals surface area contributed by atoms with Gasteiger partial charge < -0.3 is 9.88 Å². The summed E-state index contributed by atoms with van der Waals surface area (Å²) >= 11 is 13.4. The van der Waals surface area contributed by atoms with Gasteiger partial charge in [0.2, 0.25) is 5.91 Å². The molecule has 122 valence electrons. The molecule has 1 heterocycles. The van der Waals surface area contributed by atoms with Crippen LogP contribution in [-0.2, 0) is 11.3 Å². The number of nitrogens with zero attached hydrogens (tertiary/aromatic N) is 3. The number of carbonyl (C=O) groups is 1. The Morgan fingerprint density at radius 2 is 2.13 bits per heavy atom. The first kappa shape index (κ1) is 16.6. The molecule has 1 fully saturated rings. The van der Waals surface area contributed by atoms with Crippen molar-refractivity contribution < 1.29 is 4.79 Å². The van der Waals surface area contributed by atoms with Crippen LogP contribution in [0.15, 0.2) is 23.4 Å². The molecule has 1 aromatic carbocycles. The van der Waals surface area contributed by atoms with E-state index < -0.39 is 0 Å². The lowest BCUT2D eigenvalue weighted by atomic mass is 10.2. The lowest BCUT2D eigenvalue weighted by molar-refractivity contribution is -0.118. The maximum Gasteiger partial charge on any atom is 0.230 e. The van der Waals surface area contributed by atoms with E-state index in [0.29, 0.717) is 28.4 Å². The minimum Gasteiger partial charge on any atom is -0.353 e. The molecular formula is C15H16Cl2N4OS. The van der Waals surface area contributed by atoms with Gasteiger partial charge in [0.1, 0.15) is 0 Å². The number of halogens is 2. The molecule has 1 amide bonds. The van der Waals surface area contributed by atoms with Crippen molar-refractivity contribution in [3.8, 4) is 11.4 Å². The molecule has 23 heavy (non-hydrogen) atoms. The molecule has 3 rings (SSSR count). The SMILES string of the molecule is CCn1c(SCC(=O)NC2CC2)nnc1-c1ccc(Cl)c(Cl)c1. The summed E-state index contributed by atoms with van der Waals surface area (Å²) in [6.07, 6.45) is 2.17. The van der Waals surface area contributed by atoms with E-state index in [1.807, 2.05) is 17.6 Å². The smallest absolute Gasteiger partial charge is 0.230 e. The molecule has 1 aliphatic carbocycles. The zero-order valence-corrected chi connectivity index (χ0v) is 14.9. The second-order valence-corrected chi connectivity index (χ2v) is 7.07. The highest BCUT2D eigenvalue weighted by atomic mass is 35.5. The van der Waals surface area contributed by atoms with Crippen molar-refractivity contribution in [2.45, 2.75) is 37.5 Å². The first-order chi connectivity index (χ1) is 11.1. The molecule has 1 N–H and O–H groups in total. The number of rotatable bonds is 6. The summed E-state index contributed by atoms with van der Waals surface area (Å²) in [5.74, 6) is 1.10. The van der Waals surface area contributed by atoms with Gasteiger partial charge in [-0.3, -0.25) is 4.79 Å². The monoisotopic (exact) mass is 370 g/mol. The number of hydrogen-bond acceptors (Lipinski definition) is 4. The third kappa shape index (κ3) is 4.00. The molecule has 0 radical (unpaired) electrons. The summed E-state index contributed by atoms with van der Waals surface area (Å²) < 4.78 is 1.97. The topological polar surface area (TPSA) is 59.8 Å². The van der Waals surface area contributed by atoms with Crippen LogP contribution in [0.5, 0.6) is 0 Å². The van der Waals surface area contributed by atoms with Crippen LogP contribution in [0.1, 0.15) is 19.8 Å². The average molecular weight is 371 g/mol. The highest BCUT2D eigenvalue weighted by molar-refractivity contribution is 7.99. The molecule has 1 aromatic heterocycles. The highest BCUT2D eigenvalue weighted by Gasteiger charge is 2.23. The van der Waals surface area contributed by atoms with E-state index in [1.165, 1.54) is 11.8 Å². The first-order valence-corrected chi connectivity index (χ1v) is 9.13. The minimum absolute atomic E-state index is 0.0410. The fraction of sp³-hybridized carbons (Fsp3) is 0.400. The predicted octanol–water partition coefficient (Wildman–Crippen LogP) is 3.64. The van der Waals surface area contributed by atoms with Gasteiger partial charge >= 0.3 is 0 Å². The van der Waals surface area contributed by atoms with Crippen molar-refractivity contribution in [2.24, 2.45) is 0 Å². The van der Waals surface area contributed by atoms with Crippen molar-refractivity contribution in [1.82, 2.24) is 20.1 Å². The van der Waals surface area contributed by atoms with Gasteiger partial charge in [0.05, 0.1) is 15.8 Å². The Bertz CT molecular complexity index is 730. The Morgan fingerprint density at radius 1 is 1.35 bits per heavy atom. The van der Waals surface area contributed by atoms with Gasteiger partial charge in [-0.1, -0.05) is 35.0 Å². The van der Waals surface area contributed by atoms with Crippen molar-refractivity contribution in [2.75, 3.05) is 5.75 Å². The van der Waals surface area contributed by atoms with Crippen LogP contribution in [-0.4, -0.2) is 32.5 Å². The standard InChI is InChI=1S/C15H16Cl2N4OS/c1-2-21-14(9-3-6-11(16)12(17)7-9)19-20-15(21)23-8-13(22)18-10-4-5-10/h3,6-7,10H,2,4-5,8H2,1H3,(H,18,22). The molecule has 0 saturated heterocycles. The molecule has 2 aromatic rings. The van der Waals surface area contributed by atoms with Gasteiger partial charge in [-0.15, -0.1) is 10.2 Å². The van der Waals surface area contributed by atoms with Crippen LogP contribution in [0.4, 0.5) is 0 Å². The van der Waals surface area contributed by atoms with Crippen LogP contribution in [0.2, 0.25) is 10.0 Å². The molecule has 0 bridgehead atoms. The number of aromatic nitrogens is 3. The van der Waals surface area contributed by atoms with Crippen LogP contribution in [0.3, 0.4) is 0 Å². The Morgan fingerprint density at radius 3 is 2.78 bits per heavy atom. The Hall–Kier alpha value is -1.24. The van der Waals surface area contributed by atoms with Crippen LogP contribution in [0.25, 0.3) is 11.4 Å². The molecule has 0 spiro atoms. The zero-order chi connectivity index (χ0) is 16.4. The van der Waals surface area contributed by atoms with Crippen molar-refractivity contribution in [3.05, 3.63) is 28.2 Å². The normalized spacial score (nSPS) is 14.0. The Labute approximate surface area is 148 Å². The number of benzene rings is 1. The molecule has 0 unspecified atom stereocenters. The summed E-state index contributed by atoms with van der Waals surface area (Å²) in [4.78, 5) is 11.8. The highest BCUT2D eigenvalue weighted by Crippen LogP contribution is 2.29. The lowest BCUT2D eigenvalue weighted by Crippen LogP contribution is -2.27. The summed E-state index contributed by atoms with van der Waals surface area (Å²) in [5, 5.41) is 13.1. The van der Waals surface area contributed by atoms with E-state index in [2.05, 4.69) is 15.5 Å². The second kappa shape index (κ2) is 7.11. The molecule has 1 saturated carbocycles. The van der Waals surface area contributed by atoms with Crippen LogP contribution in [0, 0.1) is 0 Å². The van der Waals surface area contributed by atoms with Gasteiger partial charge in [0.25, 0.3) is 0 Å². The molecular weight excluding hydrogens is 355 g/mol. The van der Waals surface area contributed by atoms with E-state index in [-0.39, 0.29) is 5.91 Å². The molecule has 0 atom stereocenters. The Kier molecular flexibility index (Phi) is 5.14. The second-order valence-electron chi connectivity index (χ2n) is 5.31. The molecule has 1 aliphatic rings. The van der Waals surface area contributed by atoms with Gasteiger partial charge in [-0.05, 0) is 38.0 Å². The summed E-state index contributed by atoms with van der Waals surface area (Å²) in [6, 6.07) is 5.75. The van der Waals surface area contributed by atoms with E-state index in [9.17, 15) is 4.79 Å². The van der Waals surface area contributed by atoms with Crippen LogP contribution >= 0.6 is 35.0 Å². The lowest BCUT2D eigenvalue weighted by Gasteiger charge is -2.08. The molecule has 8 heteroatoms. The van der Waals surface area contributed by atoms with E-state index in [1.54, 1.807) is 12.1 Å². The summed E-state index contributed by atoms with van der Waals surface area (Å²) in [5.41, 5.74) is 0.850. The average Bonchev–Trinajstić information content (AvgIpc) is 3.24. The van der Waals surface area contributed by atoms with Gasteiger partial charge in [-0.2, -0.15) is 0 Å². The van der Waals surface area contributed by atoms with Crippen molar-refractivity contribution >= 4 is 40.9 Å². The largest absolute Gasteiger partial charge is 0.353 e. The van der Waals surface area contributed by atoms with Crippen molar-refractivity contribution in [3.63, 3.8) is 0 Å². The van der Waals surface area contributed by atoms with Crippen LogP contribution < -0.4 is 5.32 Å². The maximum absolute atomic E-state index is 11.8. The minimum atomic E-state index is 0.0410. The quantitative estimate of drug-likeness (QED) is 0.788. The fourth-order valence-corrected chi connectivity index (χ4v) is 3.27. The number of thioether (sulfide) groups is 1. The Balaban J connectivity index is 1.75. The first-order valence-electron chi connectivity index (χ1n) is 7.39. The van der Waals surface area contributed by atoms with Gasteiger partial charge in [0, 0.05) is 18.2 Å². The summed E-state index contributed by atoms with van der Waals surface area (Å²) in [6.45, 7) is 2.72. The van der Waals surface area contributed by atoms with E-state index in [0.717, 1.165) is 29.4 Å². The predicted molar refractivity (Wildman–Crippen MR) is 93.0 cm³/mol. The number of nitrogens with one attached hydrogen (secondary N) is 1. The maximum atomic E-state index is 11.8.